The molecule has 4 nitrogen and oxygen atoms in total. The second kappa shape index (κ2) is 7.18. The normalized spacial score (nSPS) is 15.5. The fourth-order valence-corrected chi connectivity index (χ4v) is 3.68. The number of fused-ring (bicyclic) bond motifs is 1. The summed E-state index contributed by atoms with van der Waals surface area (Å²) in [5.41, 5.74) is 3.43. The van der Waals surface area contributed by atoms with E-state index in [4.69, 9.17) is 4.42 Å². The molecule has 1 aromatic heterocycles. The molecular weight excluding hydrogens is 324 g/mol. The molecule has 0 fully saturated rings. The van der Waals surface area contributed by atoms with Gasteiger partial charge in [-0.1, -0.05) is 48.5 Å². The topological polar surface area (TPSA) is 50.1 Å². The number of hydrogen-bond donors (Lipinski definition) is 1. The SMILES string of the molecule is C[C@@H]([NH2+][C@@H](c1ccccc1)c1ccco1)C(=O)N1CCc2ccccc21. The average molecular weight is 347 g/mol. The summed E-state index contributed by atoms with van der Waals surface area (Å²) >= 11 is 0. The van der Waals surface area contributed by atoms with Gasteiger partial charge in [-0.2, -0.15) is 0 Å². The molecule has 0 saturated heterocycles. The van der Waals surface area contributed by atoms with Crippen molar-refractivity contribution in [3.63, 3.8) is 0 Å². The highest BCUT2D eigenvalue weighted by atomic mass is 16.3. The van der Waals surface area contributed by atoms with Gasteiger partial charge >= 0.3 is 0 Å². The first kappa shape index (κ1) is 16.6. The monoisotopic (exact) mass is 347 g/mol. The molecule has 26 heavy (non-hydrogen) atoms. The molecule has 0 bridgehead atoms. The third-order valence-corrected chi connectivity index (χ3v) is 5.03. The van der Waals surface area contributed by atoms with E-state index in [1.807, 2.05) is 60.4 Å². The van der Waals surface area contributed by atoms with Crippen molar-refractivity contribution in [3.05, 3.63) is 89.9 Å². The first-order chi connectivity index (χ1) is 12.7. The van der Waals surface area contributed by atoms with E-state index in [1.165, 1.54) is 5.56 Å². The van der Waals surface area contributed by atoms with Gasteiger partial charge in [-0.15, -0.1) is 0 Å². The van der Waals surface area contributed by atoms with Gasteiger partial charge in [0.1, 0.15) is 0 Å². The number of quaternary nitrogens is 1. The lowest BCUT2D eigenvalue weighted by atomic mass is 10.0. The van der Waals surface area contributed by atoms with Crippen LogP contribution in [0.5, 0.6) is 0 Å². The van der Waals surface area contributed by atoms with Crippen LogP contribution in [-0.4, -0.2) is 18.5 Å². The third kappa shape index (κ3) is 3.16. The number of anilines is 1. The van der Waals surface area contributed by atoms with Crippen LogP contribution in [-0.2, 0) is 11.2 Å². The number of hydrogen-bond acceptors (Lipinski definition) is 2. The molecule has 3 aromatic rings. The molecule has 2 aromatic carbocycles. The molecular formula is C22H23N2O2+. The average Bonchev–Trinajstić information content (AvgIpc) is 3.36. The van der Waals surface area contributed by atoms with Crippen LogP contribution in [0.15, 0.2) is 77.4 Å². The molecule has 0 aliphatic carbocycles. The molecule has 0 spiro atoms. The van der Waals surface area contributed by atoms with Crippen molar-refractivity contribution < 1.29 is 14.5 Å². The summed E-state index contributed by atoms with van der Waals surface area (Å²) < 4.78 is 5.66. The Bertz CT molecular complexity index is 874. The zero-order valence-corrected chi connectivity index (χ0v) is 14.8. The van der Waals surface area contributed by atoms with Crippen molar-refractivity contribution in [2.45, 2.75) is 25.4 Å². The van der Waals surface area contributed by atoms with Crippen molar-refractivity contribution in [2.75, 3.05) is 11.4 Å². The molecule has 4 rings (SSSR count). The van der Waals surface area contributed by atoms with Gasteiger partial charge in [0.25, 0.3) is 5.91 Å². The van der Waals surface area contributed by atoms with Gasteiger partial charge in [-0.05, 0) is 37.1 Å². The second-order valence-corrected chi connectivity index (χ2v) is 6.75. The minimum atomic E-state index is -0.212. The van der Waals surface area contributed by atoms with Crippen molar-refractivity contribution in [2.24, 2.45) is 0 Å². The molecule has 0 unspecified atom stereocenters. The molecule has 1 aliphatic heterocycles. The van der Waals surface area contributed by atoms with Gasteiger partial charge in [0.2, 0.25) is 0 Å². The summed E-state index contributed by atoms with van der Waals surface area (Å²) in [4.78, 5) is 15.0. The van der Waals surface area contributed by atoms with Gasteiger partial charge in [0.15, 0.2) is 17.8 Å². The van der Waals surface area contributed by atoms with Crippen LogP contribution in [0.4, 0.5) is 5.69 Å². The highest BCUT2D eigenvalue weighted by molar-refractivity contribution is 5.97. The molecule has 0 saturated carbocycles. The standard InChI is InChI=1S/C22H22N2O2/c1-16(22(25)24-14-13-17-8-5-6-11-19(17)24)23-21(20-12-7-15-26-20)18-9-3-2-4-10-18/h2-12,15-16,21,23H,13-14H2,1H3/p+1/t16-,21+/m1/s1. The Labute approximate surface area is 153 Å². The van der Waals surface area contributed by atoms with E-state index >= 15 is 0 Å². The van der Waals surface area contributed by atoms with Crippen LogP contribution in [0.3, 0.4) is 0 Å². The first-order valence-electron chi connectivity index (χ1n) is 9.06. The van der Waals surface area contributed by atoms with Crippen molar-refractivity contribution >= 4 is 11.6 Å². The Morgan fingerprint density at radius 2 is 1.81 bits per heavy atom. The zero-order chi connectivity index (χ0) is 17.9. The quantitative estimate of drug-likeness (QED) is 0.771. The van der Waals surface area contributed by atoms with Gasteiger partial charge < -0.3 is 14.6 Å². The van der Waals surface area contributed by atoms with Crippen LogP contribution in [0.25, 0.3) is 0 Å². The molecule has 2 N–H and O–H groups in total. The Kier molecular flexibility index (Phi) is 4.59. The summed E-state index contributed by atoms with van der Waals surface area (Å²) in [6.45, 7) is 2.73. The molecule has 2 atom stereocenters. The van der Waals surface area contributed by atoms with Crippen molar-refractivity contribution in [3.8, 4) is 0 Å². The van der Waals surface area contributed by atoms with E-state index in [0.29, 0.717) is 0 Å². The van der Waals surface area contributed by atoms with Crippen LogP contribution < -0.4 is 10.2 Å². The Morgan fingerprint density at radius 3 is 2.58 bits per heavy atom. The number of rotatable bonds is 5. The van der Waals surface area contributed by atoms with E-state index < -0.39 is 0 Å². The van der Waals surface area contributed by atoms with Crippen LogP contribution in [0, 0.1) is 0 Å². The van der Waals surface area contributed by atoms with Crippen LogP contribution in [0.2, 0.25) is 0 Å². The maximum Gasteiger partial charge on any atom is 0.284 e. The molecule has 0 radical (unpaired) electrons. The predicted octanol–water partition coefficient (Wildman–Crippen LogP) is 2.91. The van der Waals surface area contributed by atoms with Crippen LogP contribution >= 0.6 is 0 Å². The molecule has 1 amide bonds. The lowest BCUT2D eigenvalue weighted by molar-refractivity contribution is -0.706. The number of benzene rings is 2. The zero-order valence-electron chi connectivity index (χ0n) is 14.8. The van der Waals surface area contributed by atoms with Gasteiger partial charge in [-0.25, -0.2) is 0 Å². The number of carbonyl (C=O) groups is 1. The number of amides is 1. The second-order valence-electron chi connectivity index (χ2n) is 6.75. The largest absolute Gasteiger partial charge is 0.463 e. The lowest BCUT2D eigenvalue weighted by Gasteiger charge is -2.23. The van der Waals surface area contributed by atoms with E-state index in [9.17, 15) is 4.79 Å². The number of para-hydroxylation sites is 1. The lowest BCUT2D eigenvalue weighted by Crippen LogP contribution is -2.92. The third-order valence-electron chi connectivity index (χ3n) is 5.03. The minimum Gasteiger partial charge on any atom is -0.463 e. The molecule has 132 valence electrons. The number of nitrogens with zero attached hydrogens (tertiary/aromatic N) is 1. The number of furan rings is 1. The van der Waals surface area contributed by atoms with Gasteiger partial charge in [-0.3, -0.25) is 4.79 Å². The Morgan fingerprint density at radius 1 is 1.04 bits per heavy atom. The summed E-state index contributed by atoms with van der Waals surface area (Å²) in [7, 11) is 0. The van der Waals surface area contributed by atoms with Crippen molar-refractivity contribution in [1.29, 1.82) is 0 Å². The maximum absolute atomic E-state index is 13.1. The van der Waals surface area contributed by atoms with Gasteiger partial charge in [0, 0.05) is 17.8 Å². The van der Waals surface area contributed by atoms with Crippen LogP contribution in [0.1, 0.15) is 29.9 Å². The summed E-state index contributed by atoms with van der Waals surface area (Å²) in [5.74, 6) is 1.00. The molecule has 1 aliphatic rings. The number of carbonyl (C=O) groups excluding carboxylic acids is 1. The summed E-state index contributed by atoms with van der Waals surface area (Å²) in [6, 6.07) is 22.0. The fraction of sp³-hybridized carbons (Fsp3) is 0.227. The maximum atomic E-state index is 13.1. The van der Waals surface area contributed by atoms with E-state index in [-0.39, 0.29) is 18.0 Å². The predicted molar refractivity (Wildman–Crippen MR) is 101 cm³/mol. The molecule has 4 heteroatoms. The van der Waals surface area contributed by atoms with E-state index in [0.717, 1.165) is 30.0 Å². The Balaban J connectivity index is 1.56. The van der Waals surface area contributed by atoms with Gasteiger partial charge in [0.05, 0.1) is 6.26 Å². The number of nitrogens with two attached hydrogens (primary N) is 1. The molecule has 2 heterocycles. The highest BCUT2D eigenvalue weighted by Crippen LogP contribution is 2.28. The van der Waals surface area contributed by atoms with E-state index in [1.54, 1.807) is 6.26 Å². The van der Waals surface area contributed by atoms with Crippen molar-refractivity contribution in [1.82, 2.24) is 0 Å². The fourth-order valence-electron chi connectivity index (χ4n) is 3.68. The first-order valence-corrected chi connectivity index (χ1v) is 9.06. The van der Waals surface area contributed by atoms with E-state index in [2.05, 4.69) is 23.5 Å². The highest BCUT2D eigenvalue weighted by Gasteiger charge is 2.32. The summed E-state index contributed by atoms with van der Waals surface area (Å²) in [5, 5.41) is 2.09. The smallest absolute Gasteiger partial charge is 0.284 e. The minimum absolute atomic E-state index is 0.0389. The Hall–Kier alpha value is -2.85. The summed E-state index contributed by atoms with van der Waals surface area (Å²) in [6.07, 6.45) is 2.61.